The molecule has 5 nitrogen and oxygen atoms in total. The summed E-state index contributed by atoms with van der Waals surface area (Å²) < 4.78 is 5.50. The van der Waals surface area contributed by atoms with Gasteiger partial charge in [-0.3, -0.25) is 9.69 Å². The first-order valence-corrected chi connectivity index (χ1v) is 9.17. The minimum atomic E-state index is 0.00735. The van der Waals surface area contributed by atoms with Crippen LogP contribution in [0.2, 0.25) is 0 Å². The molecule has 2 fully saturated rings. The third-order valence-corrected chi connectivity index (χ3v) is 5.89. The molecule has 2 aliphatic rings. The molecule has 3 rings (SSSR count). The average Bonchev–Trinajstić information content (AvgIpc) is 2.88. The third kappa shape index (κ3) is 3.65. The first-order chi connectivity index (χ1) is 11.2. The quantitative estimate of drug-likeness (QED) is 0.885. The molecule has 6 heteroatoms. The van der Waals surface area contributed by atoms with Crippen molar-refractivity contribution in [2.24, 2.45) is 0 Å². The summed E-state index contributed by atoms with van der Waals surface area (Å²) in [6.07, 6.45) is 0. The van der Waals surface area contributed by atoms with Crippen LogP contribution in [0, 0.1) is 0 Å². The summed E-state index contributed by atoms with van der Waals surface area (Å²) in [5, 5.41) is 3.43. The molecule has 23 heavy (non-hydrogen) atoms. The molecule has 1 N–H and O–H groups in total. The van der Waals surface area contributed by atoms with Crippen LogP contribution in [0.3, 0.4) is 0 Å². The maximum absolute atomic E-state index is 12.6. The summed E-state index contributed by atoms with van der Waals surface area (Å²) in [6.45, 7) is 7.91. The van der Waals surface area contributed by atoms with Crippen molar-refractivity contribution in [3.8, 4) is 5.75 Å². The van der Waals surface area contributed by atoms with Gasteiger partial charge in [0.25, 0.3) is 0 Å². The largest absolute Gasteiger partial charge is 0.496 e. The number of amides is 1. The Morgan fingerprint density at radius 1 is 1.26 bits per heavy atom. The molecule has 0 aromatic heterocycles. The maximum Gasteiger partial charge on any atom is 0.236 e. The Morgan fingerprint density at radius 2 is 2.00 bits per heavy atom. The molecule has 2 unspecified atom stereocenters. The van der Waals surface area contributed by atoms with E-state index in [4.69, 9.17) is 4.74 Å². The summed E-state index contributed by atoms with van der Waals surface area (Å²) >= 11 is 1.72. The van der Waals surface area contributed by atoms with Crippen LogP contribution < -0.4 is 10.1 Å². The topological polar surface area (TPSA) is 44.8 Å². The van der Waals surface area contributed by atoms with Crippen LogP contribution in [0.4, 0.5) is 0 Å². The molecule has 0 bridgehead atoms. The van der Waals surface area contributed by atoms with Gasteiger partial charge in [-0.2, -0.15) is 0 Å². The van der Waals surface area contributed by atoms with Gasteiger partial charge in [0.2, 0.25) is 5.91 Å². The summed E-state index contributed by atoms with van der Waals surface area (Å²) in [5.74, 6) is 1.10. The Labute approximate surface area is 142 Å². The molecular formula is C17H25N3O2S. The molecule has 1 aromatic carbocycles. The van der Waals surface area contributed by atoms with Gasteiger partial charge in [0.05, 0.1) is 12.4 Å². The highest BCUT2D eigenvalue weighted by molar-refractivity contribution is 8.01. The molecule has 2 atom stereocenters. The van der Waals surface area contributed by atoms with E-state index in [9.17, 15) is 4.79 Å². The van der Waals surface area contributed by atoms with Gasteiger partial charge >= 0.3 is 0 Å². The zero-order valence-electron chi connectivity index (χ0n) is 13.8. The van der Waals surface area contributed by atoms with Crippen molar-refractivity contribution in [3.63, 3.8) is 0 Å². The lowest BCUT2D eigenvalue weighted by Gasteiger charge is -2.31. The Kier molecular flexibility index (Phi) is 5.46. The van der Waals surface area contributed by atoms with Crippen molar-refractivity contribution < 1.29 is 9.53 Å². The molecule has 2 saturated heterocycles. The van der Waals surface area contributed by atoms with Crippen molar-refractivity contribution in [2.45, 2.75) is 17.5 Å². The third-order valence-electron chi connectivity index (χ3n) is 4.52. The van der Waals surface area contributed by atoms with Crippen molar-refractivity contribution in [1.29, 1.82) is 0 Å². The molecular weight excluding hydrogens is 310 g/mol. The number of thioether (sulfide) groups is 1. The van der Waals surface area contributed by atoms with Gasteiger partial charge in [0, 0.05) is 44.8 Å². The molecule has 0 saturated carbocycles. The summed E-state index contributed by atoms with van der Waals surface area (Å²) in [4.78, 5) is 17.0. The van der Waals surface area contributed by atoms with Crippen LogP contribution >= 0.6 is 11.8 Å². The molecule has 0 aliphatic carbocycles. The number of carbonyl (C=O) groups is 1. The Balaban J connectivity index is 1.73. The van der Waals surface area contributed by atoms with E-state index in [1.54, 1.807) is 18.9 Å². The first kappa shape index (κ1) is 16.6. The maximum atomic E-state index is 12.6. The number of methoxy groups -OCH3 is 1. The summed E-state index contributed by atoms with van der Waals surface area (Å²) in [7, 11) is 1.69. The van der Waals surface area contributed by atoms with Gasteiger partial charge in [-0.25, -0.2) is 0 Å². The number of hydrogen-bond donors (Lipinski definition) is 1. The number of piperazine rings is 1. The van der Waals surface area contributed by atoms with E-state index >= 15 is 0 Å². The van der Waals surface area contributed by atoms with Crippen LogP contribution in [-0.4, -0.2) is 67.3 Å². The smallest absolute Gasteiger partial charge is 0.236 e. The van der Waals surface area contributed by atoms with E-state index < -0.39 is 0 Å². The van der Waals surface area contributed by atoms with E-state index in [0.717, 1.165) is 50.6 Å². The van der Waals surface area contributed by atoms with Gasteiger partial charge in [-0.05, 0) is 13.0 Å². The van der Waals surface area contributed by atoms with Gasteiger partial charge in [0.1, 0.15) is 11.1 Å². The zero-order chi connectivity index (χ0) is 16.2. The predicted molar refractivity (Wildman–Crippen MR) is 93.8 cm³/mol. The van der Waals surface area contributed by atoms with E-state index in [1.807, 2.05) is 30.0 Å². The van der Waals surface area contributed by atoms with E-state index in [1.165, 1.54) is 0 Å². The van der Waals surface area contributed by atoms with Crippen molar-refractivity contribution in [1.82, 2.24) is 15.1 Å². The average molecular weight is 335 g/mol. The molecule has 2 aliphatic heterocycles. The van der Waals surface area contributed by atoms with Crippen LogP contribution in [0.5, 0.6) is 5.75 Å². The van der Waals surface area contributed by atoms with E-state index in [0.29, 0.717) is 0 Å². The standard InChI is InChI=1S/C17H25N3O2S/c1-13-16(21)20(12-11-19-9-7-18-8-10-19)17(23-13)14-5-3-4-6-15(14)22-2/h3-6,13,17-18H,7-12H2,1-2H3. The highest BCUT2D eigenvalue weighted by Crippen LogP contribution is 2.45. The number of hydrogen-bond acceptors (Lipinski definition) is 5. The molecule has 0 radical (unpaired) electrons. The van der Waals surface area contributed by atoms with E-state index in [-0.39, 0.29) is 16.5 Å². The minimum Gasteiger partial charge on any atom is -0.496 e. The Hall–Kier alpha value is -1.24. The fourth-order valence-electron chi connectivity index (χ4n) is 3.20. The number of carbonyl (C=O) groups excluding carboxylic acids is 1. The van der Waals surface area contributed by atoms with E-state index in [2.05, 4.69) is 16.3 Å². The van der Waals surface area contributed by atoms with Crippen LogP contribution in [0.25, 0.3) is 0 Å². The number of nitrogens with one attached hydrogen (secondary N) is 1. The number of para-hydroxylation sites is 1. The van der Waals surface area contributed by atoms with Gasteiger partial charge in [-0.1, -0.05) is 18.2 Å². The lowest BCUT2D eigenvalue weighted by Crippen LogP contribution is -2.46. The highest BCUT2D eigenvalue weighted by Gasteiger charge is 2.39. The minimum absolute atomic E-state index is 0.00735. The summed E-state index contributed by atoms with van der Waals surface area (Å²) in [6, 6.07) is 8.02. The molecule has 1 aromatic rings. The van der Waals surface area contributed by atoms with Crippen LogP contribution in [-0.2, 0) is 4.79 Å². The molecule has 2 heterocycles. The van der Waals surface area contributed by atoms with Gasteiger partial charge in [0.15, 0.2) is 0 Å². The second-order valence-electron chi connectivity index (χ2n) is 6.00. The van der Waals surface area contributed by atoms with Gasteiger partial charge in [-0.15, -0.1) is 11.8 Å². The fraction of sp³-hybridized carbons (Fsp3) is 0.588. The van der Waals surface area contributed by atoms with Crippen molar-refractivity contribution >= 4 is 17.7 Å². The molecule has 1 amide bonds. The lowest BCUT2D eigenvalue weighted by molar-refractivity contribution is -0.130. The Morgan fingerprint density at radius 3 is 2.74 bits per heavy atom. The number of nitrogens with zero attached hydrogens (tertiary/aromatic N) is 2. The summed E-state index contributed by atoms with van der Waals surface area (Å²) in [5.41, 5.74) is 1.10. The molecule has 126 valence electrons. The zero-order valence-corrected chi connectivity index (χ0v) is 14.6. The monoisotopic (exact) mass is 335 g/mol. The lowest BCUT2D eigenvalue weighted by atomic mass is 10.1. The Bertz CT molecular complexity index is 548. The number of rotatable bonds is 5. The number of benzene rings is 1. The second kappa shape index (κ2) is 7.55. The van der Waals surface area contributed by atoms with Crippen LogP contribution in [0.15, 0.2) is 24.3 Å². The molecule has 0 spiro atoms. The normalized spacial score (nSPS) is 25.8. The number of ether oxygens (including phenoxy) is 1. The van der Waals surface area contributed by atoms with Gasteiger partial charge < -0.3 is 15.0 Å². The van der Waals surface area contributed by atoms with Crippen molar-refractivity contribution in [3.05, 3.63) is 29.8 Å². The van der Waals surface area contributed by atoms with Crippen LogP contribution in [0.1, 0.15) is 17.9 Å². The highest BCUT2D eigenvalue weighted by atomic mass is 32.2. The fourth-order valence-corrected chi connectivity index (χ4v) is 4.53. The van der Waals surface area contributed by atoms with Crippen molar-refractivity contribution in [2.75, 3.05) is 46.4 Å². The SMILES string of the molecule is COc1ccccc1C1SC(C)C(=O)N1CCN1CCNCC1. The predicted octanol–water partition coefficient (Wildman–Crippen LogP) is 1.56. The first-order valence-electron chi connectivity index (χ1n) is 8.22. The second-order valence-corrected chi connectivity index (χ2v) is 7.42.